The molecule has 5 heteroatoms. The molecule has 21 heavy (non-hydrogen) atoms. The Hall–Kier alpha value is -1.88. The van der Waals surface area contributed by atoms with Crippen LogP contribution >= 0.6 is 0 Å². The van der Waals surface area contributed by atoms with Crippen LogP contribution in [0.5, 0.6) is 5.75 Å². The largest absolute Gasteiger partial charge is 0.497 e. The Labute approximate surface area is 123 Å². The van der Waals surface area contributed by atoms with Crippen molar-refractivity contribution in [3.05, 3.63) is 30.2 Å². The maximum Gasteiger partial charge on any atom is 0.232 e. The Kier molecular flexibility index (Phi) is 4.20. The molecule has 1 saturated carbocycles. The number of methoxy groups -OCH3 is 1. The van der Waals surface area contributed by atoms with Crippen LogP contribution in [-0.2, 0) is 0 Å². The summed E-state index contributed by atoms with van der Waals surface area (Å²) in [6.45, 7) is 0. The van der Waals surface area contributed by atoms with Gasteiger partial charge in [0.2, 0.25) is 11.7 Å². The second kappa shape index (κ2) is 6.26. The molecule has 0 saturated heterocycles. The Bertz CT molecular complexity index is 579. The number of ether oxygens (including phenoxy) is 1. The lowest BCUT2D eigenvalue weighted by molar-refractivity contribution is 0.119. The van der Waals surface area contributed by atoms with Crippen LogP contribution in [0.3, 0.4) is 0 Å². The van der Waals surface area contributed by atoms with Gasteiger partial charge in [0.05, 0.1) is 19.1 Å². The number of nitrogens with zero attached hydrogens (tertiary/aromatic N) is 2. The van der Waals surface area contributed by atoms with Crippen LogP contribution in [0.25, 0.3) is 11.4 Å². The smallest absolute Gasteiger partial charge is 0.232 e. The number of rotatable bonds is 3. The fourth-order valence-corrected chi connectivity index (χ4v) is 2.82. The molecule has 2 unspecified atom stereocenters. The minimum Gasteiger partial charge on any atom is -0.497 e. The quantitative estimate of drug-likeness (QED) is 0.879. The molecular formula is C16H20N2O3. The number of benzene rings is 1. The molecule has 1 heterocycles. The van der Waals surface area contributed by atoms with Crippen LogP contribution in [0, 0.1) is 0 Å². The maximum absolute atomic E-state index is 10.2. The molecule has 0 bridgehead atoms. The van der Waals surface area contributed by atoms with Crippen LogP contribution in [0.15, 0.2) is 28.8 Å². The van der Waals surface area contributed by atoms with Crippen molar-refractivity contribution in [2.75, 3.05) is 7.11 Å². The van der Waals surface area contributed by atoms with Crippen LogP contribution in [0.2, 0.25) is 0 Å². The van der Waals surface area contributed by atoms with Crippen molar-refractivity contribution in [2.45, 2.75) is 44.1 Å². The first-order chi connectivity index (χ1) is 10.3. The first-order valence-electron chi connectivity index (χ1n) is 7.44. The van der Waals surface area contributed by atoms with Gasteiger partial charge in [0, 0.05) is 5.56 Å². The lowest BCUT2D eigenvalue weighted by Crippen LogP contribution is -2.17. The van der Waals surface area contributed by atoms with E-state index in [4.69, 9.17) is 9.26 Å². The summed E-state index contributed by atoms with van der Waals surface area (Å²) in [6.07, 6.45) is 4.67. The third-order valence-corrected chi connectivity index (χ3v) is 4.09. The molecule has 1 aromatic carbocycles. The molecule has 1 N–H and O–H groups in total. The second-order valence-corrected chi connectivity index (χ2v) is 5.50. The minimum absolute atomic E-state index is 0.0352. The van der Waals surface area contributed by atoms with E-state index in [1.165, 1.54) is 0 Å². The SMILES string of the molecule is COc1ccc(-c2noc(C3CCCCCC3O)n2)cc1. The van der Waals surface area contributed by atoms with Crippen molar-refractivity contribution >= 4 is 0 Å². The van der Waals surface area contributed by atoms with E-state index in [1.54, 1.807) is 7.11 Å². The number of hydrogen-bond donors (Lipinski definition) is 1. The predicted octanol–water partition coefficient (Wildman–Crippen LogP) is 3.15. The van der Waals surface area contributed by atoms with Gasteiger partial charge >= 0.3 is 0 Å². The third-order valence-electron chi connectivity index (χ3n) is 4.09. The fourth-order valence-electron chi connectivity index (χ4n) is 2.82. The van der Waals surface area contributed by atoms with E-state index < -0.39 is 0 Å². The van der Waals surface area contributed by atoms with Crippen LogP contribution in [0.1, 0.15) is 43.9 Å². The molecule has 3 rings (SSSR count). The third kappa shape index (κ3) is 3.08. The highest BCUT2D eigenvalue weighted by Gasteiger charge is 2.28. The van der Waals surface area contributed by atoms with Crippen molar-refractivity contribution in [3.63, 3.8) is 0 Å². The van der Waals surface area contributed by atoms with Crippen molar-refractivity contribution in [2.24, 2.45) is 0 Å². The van der Waals surface area contributed by atoms with Gasteiger partial charge in [-0.05, 0) is 37.1 Å². The summed E-state index contributed by atoms with van der Waals surface area (Å²) in [5, 5.41) is 14.3. The molecule has 2 aromatic rings. The van der Waals surface area contributed by atoms with E-state index in [9.17, 15) is 5.11 Å². The Morgan fingerprint density at radius 3 is 2.67 bits per heavy atom. The molecule has 112 valence electrons. The normalized spacial score (nSPS) is 22.8. The lowest BCUT2D eigenvalue weighted by Gasteiger charge is -2.15. The first-order valence-corrected chi connectivity index (χ1v) is 7.44. The molecular weight excluding hydrogens is 268 g/mol. The van der Waals surface area contributed by atoms with Gasteiger partial charge in [0.1, 0.15) is 5.75 Å². The van der Waals surface area contributed by atoms with E-state index in [-0.39, 0.29) is 12.0 Å². The Balaban J connectivity index is 1.81. The Morgan fingerprint density at radius 1 is 1.14 bits per heavy atom. The number of aliphatic hydroxyl groups is 1. The first kappa shape index (κ1) is 14.1. The number of hydrogen-bond acceptors (Lipinski definition) is 5. The molecule has 1 aliphatic rings. The van der Waals surface area contributed by atoms with E-state index in [2.05, 4.69) is 10.1 Å². The van der Waals surface area contributed by atoms with E-state index in [0.29, 0.717) is 11.7 Å². The molecule has 1 aromatic heterocycles. The highest BCUT2D eigenvalue weighted by molar-refractivity contribution is 5.55. The summed E-state index contributed by atoms with van der Waals surface area (Å²) in [6, 6.07) is 7.53. The van der Waals surface area contributed by atoms with Crippen molar-refractivity contribution < 1.29 is 14.4 Å². The zero-order chi connectivity index (χ0) is 14.7. The van der Waals surface area contributed by atoms with Gasteiger partial charge in [-0.2, -0.15) is 4.98 Å². The molecule has 0 amide bonds. The zero-order valence-electron chi connectivity index (χ0n) is 12.2. The number of aromatic nitrogens is 2. The van der Waals surface area contributed by atoms with Gasteiger partial charge in [0.15, 0.2) is 0 Å². The highest BCUT2D eigenvalue weighted by atomic mass is 16.5. The van der Waals surface area contributed by atoms with E-state index >= 15 is 0 Å². The minimum atomic E-state index is -0.378. The summed E-state index contributed by atoms with van der Waals surface area (Å²) >= 11 is 0. The van der Waals surface area contributed by atoms with Crippen LogP contribution in [0.4, 0.5) is 0 Å². The van der Waals surface area contributed by atoms with Gasteiger partial charge in [0.25, 0.3) is 0 Å². The van der Waals surface area contributed by atoms with Crippen molar-refractivity contribution in [3.8, 4) is 17.1 Å². The maximum atomic E-state index is 10.2. The summed E-state index contributed by atoms with van der Waals surface area (Å²) in [7, 11) is 1.63. The summed E-state index contributed by atoms with van der Waals surface area (Å²) in [4.78, 5) is 4.47. The van der Waals surface area contributed by atoms with Crippen molar-refractivity contribution in [1.29, 1.82) is 0 Å². The molecule has 0 aliphatic heterocycles. The molecule has 0 spiro atoms. The van der Waals surface area contributed by atoms with Gasteiger partial charge in [-0.15, -0.1) is 0 Å². The monoisotopic (exact) mass is 288 g/mol. The summed E-state index contributed by atoms with van der Waals surface area (Å²) < 4.78 is 10.5. The van der Waals surface area contributed by atoms with Crippen LogP contribution < -0.4 is 4.74 Å². The molecule has 2 atom stereocenters. The Morgan fingerprint density at radius 2 is 1.90 bits per heavy atom. The van der Waals surface area contributed by atoms with Gasteiger partial charge in [-0.3, -0.25) is 0 Å². The lowest BCUT2D eigenvalue weighted by atomic mass is 9.97. The predicted molar refractivity (Wildman–Crippen MR) is 78.1 cm³/mol. The zero-order valence-corrected chi connectivity index (χ0v) is 12.2. The molecule has 1 fully saturated rings. The second-order valence-electron chi connectivity index (χ2n) is 5.50. The number of aliphatic hydroxyl groups excluding tert-OH is 1. The van der Waals surface area contributed by atoms with Gasteiger partial charge in [-0.1, -0.05) is 24.4 Å². The average molecular weight is 288 g/mol. The fraction of sp³-hybridized carbons (Fsp3) is 0.500. The molecule has 5 nitrogen and oxygen atoms in total. The standard InChI is InChI=1S/C16H20N2O3/c1-20-12-9-7-11(8-10-12)15-17-16(21-18-15)13-5-3-2-4-6-14(13)19/h7-10,13-14,19H,2-6H2,1H3. The highest BCUT2D eigenvalue weighted by Crippen LogP contribution is 2.32. The van der Waals surface area contributed by atoms with Gasteiger partial charge in [-0.25, -0.2) is 0 Å². The van der Waals surface area contributed by atoms with E-state index in [0.717, 1.165) is 43.4 Å². The summed E-state index contributed by atoms with van der Waals surface area (Å²) in [5.41, 5.74) is 0.883. The van der Waals surface area contributed by atoms with Gasteiger partial charge < -0.3 is 14.4 Å². The topological polar surface area (TPSA) is 68.4 Å². The van der Waals surface area contributed by atoms with Crippen LogP contribution in [-0.4, -0.2) is 28.5 Å². The molecule has 1 aliphatic carbocycles. The van der Waals surface area contributed by atoms with Crippen molar-refractivity contribution in [1.82, 2.24) is 10.1 Å². The van der Waals surface area contributed by atoms with E-state index in [1.807, 2.05) is 24.3 Å². The molecule has 0 radical (unpaired) electrons. The average Bonchev–Trinajstić information content (AvgIpc) is 2.90. The summed E-state index contributed by atoms with van der Waals surface area (Å²) in [5.74, 6) is 1.87.